The van der Waals surface area contributed by atoms with Gasteiger partial charge in [-0.05, 0) is 49.6 Å². The van der Waals surface area contributed by atoms with E-state index in [0.29, 0.717) is 0 Å². The zero-order valence-electron chi connectivity index (χ0n) is 11.6. The molecular weight excluding hydrogens is 238 g/mol. The predicted octanol–water partition coefficient (Wildman–Crippen LogP) is 2.31. The monoisotopic (exact) mass is 257 g/mol. The van der Waals surface area contributed by atoms with Gasteiger partial charge in [-0.2, -0.15) is 5.10 Å². The predicted molar refractivity (Wildman–Crippen MR) is 74.4 cm³/mol. The van der Waals surface area contributed by atoms with Gasteiger partial charge in [-0.25, -0.2) is 0 Å². The van der Waals surface area contributed by atoms with Crippen LogP contribution >= 0.6 is 0 Å². The first-order chi connectivity index (χ1) is 9.10. The van der Waals surface area contributed by atoms with Gasteiger partial charge in [0.25, 0.3) is 0 Å². The Morgan fingerprint density at radius 1 is 1.32 bits per heavy atom. The standard InChI is InChI=1S/C15H19N3O/c1-9-6-10(2)18(17-9)14-7-11-4-5-12(19-3)8-13(11)15(14)16/h4-6,8,14-15H,7,16H2,1-3H3. The first-order valence-electron chi connectivity index (χ1n) is 6.55. The van der Waals surface area contributed by atoms with E-state index in [4.69, 9.17) is 10.5 Å². The molecule has 4 nitrogen and oxygen atoms in total. The average Bonchev–Trinajstić information content (AvgIpc) is 2.89. The second-order valence-corrected chi connectivity index (χ2v) is 5.23. The van der Waals surface area contributed by atoms with Crippen molar-refractivity contribution in [3.8, 4) is 5.75 Å². The molecule has 0 saturated heterocycles. The fraction of sp³-hybridized carbons (Fsp3) is 0.400. The van der Waals surface area contributed by atoms with E-state index in [0.717, 1.165) is 23.6 Å². The molecule has 19 heavy (non-hydrogen) atoms. The number of fused-ring (bicyclic) bond motifs is 1. The lowest BCUT2D eigenvalue weighted by Crippen LogP contribution is -2.22. The van der Waals surface area contributed by atoms with Gasteiger partial charge in [0, 0.05) is 5.69 Å². The third-order valence-electron chi connectivity index (χ3n) is 3.91. The molecule has 0 amide bonds. The molecule has 1 heterocycles. The average molecular weight is 257 g/mol. The Balaban J connectivity index is 1.99. The Labute approximate surface area is 113 Å². The fourth-order valence-corrected chi connectivity index (χ4v) is 2.98. The van der Waals surface area contributed by atoms with Gasteiger partial charge in [-0.3, -0.25) is 4.68 Å². The molecule has 2 N–H and O–H groups in total. The van der Waals surface area contributed by atoms with Crippen LogP contribution in [0.4, 0.5) is 0 Å². The van der Waals surface area contributed by atoms with Gasteiger partial charge in [0.05, 0.1) is 24.9 Å². The Morgan fingerprint density at radius 2 is 2.11 bits per heavy atom. The van der Waals surface area contributed by atoms with E-state index in [1.165, 1.54) is 11.1 Å². The topological polar surface area (TPSA) is 53.1 Å². The van der Waals surface area contributed by atoms with Crippen molar-refractivity contribution in [3.63, 3.8) is 0 Å². The molecule has 0 saturated carbocycles. The molecule has 0 fully saturated rings. The molecule has 4 heteroatoms. The van der Waals surface area contributed by atoms with Gasteiger partial charge in [0.1, 0.15) is 5.75 Å². The van der Waals surface area contributed by atoms with Crippen molar-refractivity contribution in [1.29, 1.82) is 0 Å². The van der Waals surface area contributed by atoms with Crippen molar-refractivity contribution >= 4 is 0 Å². The smallest absolute Gasteiger partial charge is 0.119 e. The van der Waals surface area contributed by atoms with Gasteiger partial charge < -0.3 is 10.5 Å². The molecule has 1 aromatic heterocycles. The summed E-state index contributed by atoms with van der Waals surface area (Å²) in [4.78, 5) is 0. The molecule has 0 bridgehead atoms. The summed E-state index contributed by atoms with van der Waals surface area (Å²) >= 11 is 0. The van der Waals surface area contributed by atoms with E-state index >= 15 is 0 Å². The number of nitrogens with two attached hydrogens (primary N) is 1. The summed E-state index contributed by atoms with van der Waals surface area (Å²) in [6, 6.07) is 8.43. The van der Waals surface area contributed by atoms with Crippen LogP contribution in [0.5, 0.6) is 5.75 Å². The van der Waals surface area contributed by atoms with E-state index in [1.54, 1.807) is 7.11 Å². The highest BCUT2D eigenvalue weighted by atomic mass is 16.5. The number of hydrogen-bond acceptors (Lipinski definition) is 3. The minimum Gasteiger partial charge on any atom is -0.497 e. The molecule has 1 aromatic carbocycles. The molecule has 1 aliphatic carbocycles. The molecule has 0 aliphatic heterocycles. The molecule has 2 unspecified atom stereocenters. The summed E-state index contributed by atoms with van der Waals surface area (Å²) in [5.74, 6) is 0.864. The van der Waals surface area contributed by atoms with Crippen LogP contribution in [0.25, 0.3) is 0 Å². The normalized spacial score (nSPS) is 21.5. The summed E-state index contributed by atoms with van der Waals surface area (Å²) in [6.45, 7) is 4.09. The van der Waals surface area contributed by atoms with Crippen LogP contribution in [-0.2, 0) is 6.42 Å². The van der Waals surface area contributed by atoms with Crippen molar-refractivity contribution in [2.24, 2.45) is 5.73 Å². The zero-order valence-corrected chi connectivity index (χ0v) is 11.6. The molecular formula is C15H19N3O. The SMILES string of the molecule is COc1ccc2c(c1)C(N)C(n1nc(C)cc1C)C2. The number of aryl methyl sites for hydroxylation is 2. The zero-order chi connectivity index (χ0) is 13.6. The maximum absolute atomic E-state index is 6.41. The van der Waals surface area contributed by atoms with Crippen molar-refractivity contribution in [2.45, 2.75) is 32.4 Å². The van der Waals surface area contributed by atoms with Crippen molar-refractivity contribution in [3.05, 3.63) is 46.8 Å². The number of ether oxygens (including phenoxy) is 1. The summed E-state index contributed by atoms with van der Waals surface area (Å²) in [7, 11) is 1.68. The minimum absolute atomic E-state index is 0.0249. The Bertz CT molecular complexity index is 618. The highest BCUT2D eigenvalue weighted by Crippen LogP contribution is 2.39. The van der Waals surface area contributed by atoms with Gasteiger partial charge >= 0.3 is 0 Å². The van der Waals surface area contributed by atoms with Crippen LogP contribution in [0.1, 0.15) is 34.6 Å². The molecule has 0 radical (unpaired) electrons. The van der Waals surface area contributed by atoms with Crippen LogP contribution in [0.2, 0.25) is 0 Å². The van der Waals surface area contributed by atoms with Gasteiger partial charge in [-0.15, -0.1) is 0 Å². The van der Waals surface area contributed by atoms with Gasteiger partial charge in [0.15, 0.2) is 0 Å². The number of hydrogen-bond donors (Lipinski definition) is 1. The van der Waals surface area contributed by atoms with E-state index in [-0.39, 0.29) is 12.1 Å². The Kier molecular flexibility index (Phi) is 2.82. The second kappa shape index (κ2) is 4.38. The highest BCUT2D eigenvalue weighted by molar-refractivity contribution is 5.42. The van der Waals surface area contributed by atoms with Crippen LogP contribution < -0.4 is 10.5 Å². The molecule has 3 rings (SSSR count). The van der Waals surface area contributed by atoms with Crippen LogP contribution in [0.3, 0.4) is 0 Å². The largest absolute Gasteiger partial charge is 0.497 e. The maximum Gasteiger partial charge on any atom is 0.119 e. The molecule has 100 valence electrons. The Hall–Kier alpha value is -1.81. The van der Waals surface area contributed by atoms with Gasteiger partial charge in [0.2, 0.25) is 0 Å². The lowest BCUT2D eigenvalue weighted by atomic mass is 10.1. The summed E-state index contributed by atoms with van der Waals surface area (Å²) in [6.07, 6.45) is 0.933. The molecule has 2 aromatic rings. The third kappa shape index (κ3) is 1.92. The minimum atomic E-state index is -0.0249. The summed E-state index contributed by atoms with van der Waals surface area (Å²) in [5.41, 5.74) is 11.1. The molecule has 2 atom stereocenters. The summed E-state index contributed by atoms with van der Waals surface area (Å²) < 4.78 is 7.34. The number of aromatic nitrogens is 2. The second-order valence-electron chi connectivity index (χ2n) is 5.23. The number of nitrogens with zero attached hydrogens (tertiary/aromatic N) is 2. The number of rotatable bonds is 2. The van der Waals surface area contributed by atoms with Gasteiger partial charge in [-0.1, -0.05) is 6.07 Å². The molecule has 0 spiro atoms. The van der Waals surface area contributed by atoms with Crippen LogP contribution in [-0.4, -0.2) is 16.9 Å². The quantitative estimate of drug-likeness (QED) is 0.898. The maximum atomic E-state index is 6.41. The number of methoxy groups -OCH3 is 1. The van der Waals surface area contributed by atoms with E-state index in [9.17, 15) is 0 Å². The molecule has 1 aliphatic rings. The lowest BCUT2D eigenvalue weighted by Gasteiger charge is -2.18. The van der Waals surface area contributed by atoms with Crippen LogP contribution in [0, 0.1) is 13.8 Å². The van der Waals surface area contributed by atoms with Crippen LogP contribution in [0.15, 0.2) is 24.3 Å². The highest BCUT2D eigenvalue weighted by Gasteiger charge is 2.32. The first kappa shape index (κ1) is 12.2. The van der Waals surface area contributed by atoms with E-state index < -0.39 is 0 Å². The van der Waals surface area contributed by atoms with Crippen molar-refractivity contribution in [2.75, 3.05) is 7.11 Å². The van der Waals surface area contributed by atoms with E-state index in [1.807, 2.05) is 19.1 Å². The first-order valence-corrected chi connectivity index (χ1v) is 6.55. The van der Waals surface area contributed by atoms with Crippen molar-refractivity contribution < 1.29 is 4.74 Å². The summed E-state index contributed by atoms with van der Waals surface area (Å²) in [5, 5.41) is 4.57. The van der Waals surface area contributed by atoms with Crippen molar-refractivity contribution in [1.82, 2.24) is 9.78 Å². The van der Waals surface area contributed by atoms with E-state index in [2.05, 4.69) is 28.8 Å². The number of benzene rings is 1. The Morgan fingerprint density at radius 3 is 2.74 bits per heavy atom. The lowest BCUT2D eigenvalue weighted by molar-refractivity contribution is 0.398. The fourth-order valence-electron chi connectivity index (χ4n) is 2.98. The third-order valence-corrected chi connectivity index (χ3v) is 3.91.